The lowest BCUT2D eigenvalue weighted by molar-refractivity contribution is -0.0475. The molecule has 1 heterocycles. The van der Waals surface area contributed by atoms with Crippen molar-refractivity contribution >= 4 is 6.09 Å². The molecule has 3 aliphatic rings. The average molecular weight is 269 g/mol. The zero-order chi connectivity index (χ0) is 13.7. The van der Waals surface area contributed by atoms with Gasteiger partial charge in [-0.1, -0.05) is 42.5 Å². The number of methoxy groups -OCH3 is 1. The molecule has 1 aromatic carbocycles. The largest absolute Gasteiger partial charge is 0.453 e. The lowest BCUT2D eigenvalue weighted by Crippen LogP contribution is -2.68. The van der Waals surface area contributed by atoms with Gasteiger partial charge in [0, 0.05) is 18.0 Å². The minimum Gasteiger partial charge on any atom is -0.453 e. The maximum atomic E-state index is 11.9. The molecular weight excluding hydrogens is 250 g/mol. The molecule has 4 atom stereocenters. The van der Waals surface area contributed by atoms with Crippen molar-refractivity contribution in [2.45, 2.75) is 18.9 Å². The molecule has 0 N–H and O–H groups in total. The number of amides is 1. The van der Waals surface area contributed by atoms with Gasteiger partial charge < -0.3 is 9.64 Å². The molecule has 2 fully saturated rings. The molecule has 4 unspecified atom stereocenters. The van der Waals surface area contributed by atoms with Crippen LogP contribution in [0.2, 0.25) is 0 Å². The number of likely N-dealkylation sites (tertiary alicyclic amines) is 1. The summed E-state index contributed by atoms with van der Waals surface area (Å²) in [6, 6.07) is 10.9. The van der Waals surface area contributed by atoms with Crippen LogP contribution in [0.1, 0.15) is 12.0 Å². The number of allylic oxidation sites excluding steroid dienone is 1. The van der Waals surface area contributed by atoms with Crippen molar-refractivity contribution in [3.63, 3.8) is 0 Å². The van der Waals surface area contributed by atoms with E-state index in [4.69, 9.17) is 4.74 Å². The maximum Gasteiger partial charge on any atom is 0.409 e. The highest BCUT2D eigenvalue weighted by molar-refractivity contribution is 5.70. The van der Waals surface area contributed by atoms with Crippen molar-refractivity contribution in [1.82, 2.24) is 4.90 Å². The van der Waals surface area contributed by atoms with Crippen molar-refractivity contribution < 1.29 is 9.53 Å². The van der Waals surface area contributed by atoms with Gasteiger partial charge in [0.05, 0.1) is 7.11 Å². The highest BCUT2D eigenvalue weighted by atomic mass is 16.5. The van der Waals surface area contributed by atoms with Gasteiger partial charge >= 0.3 is 6.09 Å². The van der Waals surface area contributed by atoms with Gasteiger partial charge in [-0.05, 0) is 30.2 Å². The first-order chi connectivity index (χ1) is 9.74. The molecule has 1 saturated carbocycles. The first-order valence-corrected chi connectivity index (χ1v) is 7.32. The Bertz CT molecular complexity index is 568. The van der Waals surface area contributed by atoms with E-state index >= 15 is 0 Å². The molecule has 3 nitrogen and oxygen atoms in total. The van der Waals surface area contributed by atoms with Gasteiger partial charge in [-0.3, -0.25) is 0 Å². The zero-order valence-corrected chi connectivity index (χ0v) is 11.7. The van der Waals surface area contributed by atoms with Crippen molar-refractivity contribution in [2.24, 2.45) is 17.3 Å². The summed E-state index contributed by atoms with van der Waals surface area (Å²) in [5, 5.41) is 0. The van der Waals surface area contributed by atoms with Gasteiger partial charge in [0.25, 0.3) is 0 Å². The SMILES string of the molecule is COC(=O)N1CC23C=CC2CC(Cc2ccccc2)C13. The summed E-state index contributed by atoms with van der Waals surface area (Å²) in [5.41, 5.74) is 1.64. The topological polar surface area (TPSA) is 29.5 Å². The molecule has 1 saturated heterocycles. The monoisotopic (exact) mass is 269 g/mol. The van der Waals surface area contributed by atoms with E-state index in [0.717, 1.165) is 13.0 Å². The fraction of sp³-hybridized carbons (Fsp3) is 0.471. The number of ether oxygens (including phenoxy) is 1. The fourth-order valence-electron chi connectivity index (χ4n) is 4.49. The molecule has 4 rings (SSSR count). The van der Waals surface area contributed by atoms with E-state index in [1.54, 1.807) is 0 Å². The Morgan fingerprint density at radius 3 is 2.85 bits per heavy atom. The van der Waals surface area contributed by atoms with E-state index in [0.29, 0.717) is 17.9 Å². The molecule has 0 bridgehead atoms. The molecule has 2 aliphatic carbocycles. The van der Waals surface area contributed by atoms with Gasteiger partial charge in [-0.2, -0.15) is 0 Å². The Morgan fingerprint density at radius 2 is 2.20 bits per heavy atom. The molecule has 3 heteroatoms. The van der Waals surface area contributed by atoms with Gasteiger partial charge in [0.2, 0.25) is 0 Å². The predicted molar refractivity (Wildman–Crippen MR) is 76.2 cm³/mol. The molecular formula is C17H19NO2. The molecule has 1 amide bonds. The maximum absolute atomic E-state index is 11.9. The number of benzene rings is 1. The summed E-state index contributed by atoms with van der Waals surface area (Å²) < 4.78 is 4.93. The second-order valence-electron chi connectivity index (χ2n) is 6.31. The average Bonchev–Trinajstić information content (AvgIpc) is 2.57. The van der Waals surface area contributed by atoms with Gasteiger partial charge in [-0.15, -0.1) is 0 Å². The van der Waals surface area contributed by atoms with Crippen molar-refractivity contribution in [1.29, 1.82) is 0 Å². The van der Waals surface area contributed by atoms with Crippen LogP contribution >= 0.6 is 0 Å². The van der Waals surface area contributed by atoms with Crippen LogP contribution in [0.4, 0.5) is 4.79 Å². The zero-order valence-electron chi connectivity index (χ0n) is 11.7. The fourth-order valence-corrected chi connectivity index (χ4v) is 4.49. The Hall–Kier alpha value is -1.77. The number of hydrogen-bond donors (Lipinski definition) is 0. The van der Waals surface area contributed by atoms with Crippen LogP contribution in [0.5, 0.6) is 0 Å². The van der Waals surface area contributed by atoms with Crippen LogP contribution in [0, 0.1) is 17.3 Å². The third kappa shape index (κ3) is 1.43. The van der Waals surface area contributed by atoms with Crippen molar-refractivity contribution in [2.75, 3.05) is 13.7 Å². The third-order valence-corrected chi connectivity index (χ3v) is 5.41. The van der Waals surface area contributed by atoms with Crippen LogP contribution < -0.4 is 0 Å². The van der Waals surface area contributed by atoms with Crippen LogP contribution in [-0.4, -0.2) is 30.7 Å². The summed E-state index contributed by atoms with van der Waals surface area (Å²) in [5.74, 6) is 1.22. The quantitative estimate of drug-likeness (QED) is 0.773. The van der Waals surface area contributed by atoms with E-state index in [1.165, 1.54) is 19.1 Å². The molecule has 20 heavy (non-hydrogen) atoms. The van der Waals surface area contributed by atoms with Gasteiger partial charge in [0.15, 0.2) is 0 Å². The summed E-state index contributed by atoms with van der Waals surface area (Å²) in [7, 11) is 1.47. The summed E-state index contributed by atoms with van der Waals surface area (Å²) >= 11 is 0. The minimum atomic E-state index is -0.167. The molecule has 1 aromatic rings. The number of hydrogen-bond acceptors (Lipinski definition) is 2. The number of carbonyl (C=O) groups excluding carboxylic acids is 1. The number of carbonyl (C=O) groups is 1. The second kappa shape index (κ2) is 4.11. The normalized spacial score (nSPS) is 36.6. The summed E-state index contributed by atoms with van der Waals surface area (Å²) in [4.78, 5) is 13.8. The highest BCUT2D eigenvalue weighted by Gasteiger charge is 2.66. The van der Waals surface area contributed by atoms with Gasteiger partial charge in [-0.25, -0.2) is 4.79 Å². The van der Waals surface area contributed by atoms with Gasteiger partial charge in [0.1, 0.15) is 0 Å². The second-order valence-corrected chi connectivity index (χ2v) is 6.31. The van der Waals surface area contributed by atoms with Crippen LogP contribution in [0.15, 0.2) is 42.5 Å². The van der Waals surface area contributed by atoms with Crippen molar-refractivity contribution in [3.05, 3.63) is 48.0 Å². The number of rotatable bonds is 2. The van der Waals surface area contributed by atoms with Crippen LogP contribution in [-0.2, 0) is 11.2 Å². The molecule has 0 aromatic heterocycles. The smallest absolute Gasteiger partial charge is 0.409 e. The lowest BCUT2D eigenvalue weighted by Gasteiger charge is -2.58. The third-order valence-electron chi connectivity index (χ3n) is 5.41. The number of nitrogens with zero attached hydrogens (tertiary/aromatic N) is 1. The van der Waals surface area contributed by atoms with E-state index in [2.05, 4.69) is 42.5 Å². The van der Waals surface area contributed by atoms with Crippen LogP contribution in [0.25, 0.3) is 0 Å². The Labute approximate surface area is 119 Å². The van der Waals surface area contributed by atoms with E-state index in [1.807, 2.05) is 4.90 Å². The predicted octanol–water partition coefficient (Wildman–Crippen LogP) is 2.87. The van der Waals surface area contributed by atoms with E-state index in [9.17, 15) is 4.79 Å². The molecule has 1 aliphatic heterocycles. The molecule has 1 spiro atoms. The highest BCUT2D eigenvalue weighted by Crippen LogP contribution is 2.62. The van der Waals surface area contributed by atoms with Crippen LogP contribution in [0.3, 0.4) is 0 Å². The Morgan fingerprint density at radius 1 is 1.40 bits per heavy atom. The van der Waals surface area contributed by atoms with E-state index in [-0.39, 0.29) is 11.5 Å². The first-order valence-electron chi connectivity index (χ1n) is 7.32. The first kappa shape index (κ1) is 12.0. The Kier molecular flexibility index (Phi) is 2.47. The molecule has 104 valence electrons. The lowest BCUT2D eigenvalue weighted by atomic mass is 9.61. The van der Waals surface area contributed by atoms with E-state index < -0.39 is 0 Å². The van der Waals surface area contributed by atoms with Crippen molar-refractivity contribution in [3.8, 4) is 0 Å². The standard InChI is InChI=1S/C17H19NO2/c1-20-16(19)18-11-17-8-7-14(17)10-13(15(17)18)9-12-5-3-2-4-6-12/h2-8,13-15H,9-11H2,1H3. The Balaban J connectivity index is 1.57. The summed E-state index contributed by atoms with van der Waals surface area (Å²) in [6.07, 6.45) is 6.74. The summed E-state index contributed by atoms with van der Waals surface area (Å²) in [6.45, 7) is 0.844. The molecule has 0 radical (unpaired) electrons. The minimum absolute atomic E-state index is 0.167.